The van der Waals surface area contributed by atoms with Gasteiger partial charge in [-0.2, -0.15) is 34.0 Å². The maximum Gasteiger partial charge on any atom is 0.339 e. The van der Waals surface area contributed by atoms with Crippen LogP contribution in [0.25, 0.3) is 21.9 Å². The Bertz CT molecular complexity index is 2900. The summed E-state index contributed by atoms with van der Waals surface area (Å²) in [6, 6.07) is 37.9. The van der Waals surface area contributed by atoms with Gasteiger partial charge >= 0.3 is 5.97 Å². The second-order valence-corrected chi connectivity index (χ2v) is 14.5. The van der Waals surface area contributed by atoms with Gasteiger partial charge in [-0.1, -0.05) is 48.5 Å². The predicted molar refractivity (Wildman–Crippen MR) is 221 cm³/mol. The molecule has 7 rings (SSSR count). The molecule has 0 saturated carbocycles. The molecule has 0 atom stereocenters. The van der Waals surface area contributed by atoms with E-state index < -0.39 is 32.4 Å². The van der Waals surface area contributed by atoms with E-state index in [0.29, 0.717) is 50.3 Å². The Morgan fingerprint density at radius 2 is 1.14 bits per heavy atom. The first-order chi connectivity index (χ1) is 27.8. The van der Waals surface area contributed by atoms with Crippen molar-refractivity contribution in [3.8, 4) is 22.6 Å². The molecule has 5 N–H and O–H groups in total. The number of rotatable bonds is 11. The molecule has 0 unspecified atom stereocenters. The van der Waals surface area contributed by atoms with Gasteiger partial charge in [0.25, 0.3) is 10.1 Å². The summed E-state index contributed by atoms with van der Waals surface area (Å²) in [5.74, 6) is -2.07. The number of anilines is 2. The number of nitrogens with one attached hydrogen (secondary N) is 1. The number of hydrogen-bond acceptors (Lipinski definition) is 12. The molecule has 14 nitrogen and oxygen atoms in total. The minimum Gasteiger partial charge on any atom is -0.507 e. The van der Waals surface area contributed by atoms with Crippen LogP contribution in [-0.2, 0) is 10.1 Å². The van der Waals surface area contributed by atoms with Gasteiger partial charge in [-0.25, -0.2) is 4.79 Å². The minimum absolute atomic E-state index is 0.259. The average Bonchev–Trinajstić information content (AvgIpc) is 3.21. The number of phenolic OH excluding ortho intramolecular Hbond substituents is 1. The number of phenols is 2. The Morgan fingerprint density at radius 3 is 1.72 bits per heavy atom. The highest BCUT2D eigenvalue weighted by Crippen LogP contribution is 2.43. The molecule has 7 aromatic carbocycles. The van der Waals surface area contributed by atoms with E-state index in [9.17, 15) is 33.1 Å². The van der Waals surface area contributed by atoms with E-state index in [-0.39, 0.29) is 17.0 Å². The van der Waals surface area contributed by atoms with Crippen LogP contribution in [0.15, 0.2) is 169 Å². The highest BCUT2D eigenvalue weighted by molar-refractivity contribution is 7.86. The Morgan fingerprint density at radius 1 is 0.586 bits per heavy atom. The smallest absolute Gasteiger partial charge is 0.339 e. The summed E-state index contributed by atoms with van der Waals surface area (Å²) in [7, 11) is -4.79. The quantitative estimate of drug-likeness (QED) is 0.0625. The predicted octanol–water partition coefficient (Wildman–Crippen LogP) is 12.5. The summed E-state index contributed by atoms with van der Waals surface area (Å²) >= 11 is 0. The van der Waals surface area contributed by atoms with Gasteiger partial charge in [-0.3, -0.25) is 4.55 Å². The van der Waals surface area contributed by atoms with E-state index in [2.05, 4.69) is 36.0 Å². The maximum atomic E-state index is 12.4. The summed E-state index contributed by atoms with van der Waals surface area (Å²) in [5.41, 5.74) is 6.41. The van der Waals surface area contributed by atoms with E-state index in [1.807, 2.05) is 73.7 Å². The zero-order valence-corrected chi connectivity index (χ0v) is 31.6. The molecule has 0 aliphatic rings. The Kier molecular flexibility index (Phi) is 10.8. The molecule has 0 heterocycles. The number of fused-ring (bicyclic) bond motifs is 1. The normalized spacial score (nSPS) is 11.9. The van der Waals surface area contributed by atoms with Crippen LogP contribution in [0.4, 0.5) is 45.5 Å². The number of nitrogens with zero attached hydrogens (tertiary/aromatic N) is 6. The number of hydrogen-bond donors (Lipinski definition) is 5. The number of benzene rings is 7. The molecule has 0 saturated heterocycles. The number of azo groups is 3. The van der Waals surface area contributed by atoms with E-state index in [1.54, 1.807) is 49.4 Å². The summed E-state index contributed by atoms with van der Waals surface area (Å²) in [6.07, 6.45) is 0. The molecule has 0 spiro atoms. The lowest BCUT2D eigenvalue weighted by Crippen LogP contribution is -1.99. The van der Waals surface area contributed by atoms with Crippen LogP contribution in [0.5, 0.6) is 11.5 Å². The van der Waals surface area contributed by atoms with Gasteiger partial charge in [0, 0.05) is 16.8 Å². The molecule has 7 aromatic rings. The highest BCUT2D eigenvalue weighted by Gasteiger charge is 2.22. The van der Waals surface area contributed by atoms with E-state index in [0.717, 1.165) is 16.8 Å². The van der Waals surface area contributed by atoms with Crippen LogP contribution in [0.1, 0.15) is 21.5 Å². The SMILES string of the molecule is Cc1cc(N=Nc2c(S(=O)(=O)O)cc3ccc(Nc4ccccc4)cc3c2O)c(C)cc1N=Nc1ccc(-c2ccc(N=Nc3ccc(O)c(C(=O)O)c3)cc2)cc1. The second kappa shape index (κ2) is 16.2. The van der Waals surface area contributed by atoms with Crippen molar-refractivity contribution in [3.05, 3.63) is 150 Å². The summed E-state index contributed by atoms with van der Waals surface area (Å²) in [4.78, 5) is 10.7. The minimum atomic E-state index is -4.79. The molecular weight excluding hydrogens is 759 g/mol. The topological polar surface area (TPSA) is 218 Å². The van der Waals surface area contributed by atoms with Gasteiger partial charge in [0.2, 0.25) is 0 Å². The van der Waals surface area contributed by atoms with Crippen LogP contribution in [-0.4, -0.2) is 34.3 Å². The standard InChI is InChI=1S/C43H33N7O7S/c1-25-21-38(49-50-41-40(58(55,56)57)22-29-12-17-33(23-35(29)42(41)52)44-30-6-4-3-5-7-30)26(2)20-37(25)48-46-32-15-10-28(11-16-32)27-8-13-31(14-9-27)45-47-34-18-19-39(51)36(24-34)43(53)54/h3-24,44,51-52H,1-2H3,(H,53,54)(H,55,56,57). The number of aromatic carboxylic acids is 1. The Balaban J connectivity index is 1.06. The molecule has 0 radical (unpaired) electrons. The third-order valence-corrected chi connectivity index (χ3v) is 9.86. The van der Waals surface area contributed by atoms with Crippen molar-refractivity contribution in [2.45, 2.75) is 18.7 Å². The molecule has 15 heteroatoms. The molecule has 0 aromatic heterocycles. The maximum absolute atomic E-state index is 12.4. The lowest BCUT2D eigenvalue weighted by Gasteiger charge is -2.12. The largest absolute Gasteiger partial charge is 0.507 e. The summed E-state index contributed by atoms with van der Waals surface area (Å²) in [6.45, 7) is 3.60. The van der Waals surface area contributed by atoms with Crippen molar-refractivity contribution in [2.75, 3.05) is 5.32 Å². The average molecular weight is 792 g/mol. The van der Waals surface area contributed by atoms with Gasteiger partial charge in [-0.15, -0.1) is 5.11 Å². The van der Waals surface area contributed by atoms with Gasteiger partial charge in [-0.05, 0) is 126 Å². The third-order valence-electron chi connectivity index (χ3n) is 9.00. The fraction of sp³-hybridized carbons (Fsp3) is 0.0465. The monoisotopic (exact) mass is 791 g/mol. The van der Waals surface area contributed by atoms with Crippen LogP contribution < -0.4 is 5.32 Å². The van der Waals surface area contributed by atoms with Gasteiger partial charge in [0.05, 0.1) is 28.4 Å². The van der Waals surface area contributed by atoms with Crippen molar-refractivity contribution >= 4 is 72.4 Å². The molecule has 0 fully saturated rings. The van der Waals surface area contributed by atoms with Crippen molar-refractivity contribution in [1.29, 1.82) is 0 Å². The zero-order chi connectivity index (χ0) is 41.0. The van der Waals surface area contributed by atoms with E-state index >= 15 is 0 Å². The molecule has 58 heavy (non-hydrogen) atoms. The van der Waals surface area contributed by atoms with Gasteiger partial charge < -0.3 is 20.6 Å². The third kappa shape index (κ3) is 8.75. The number of carboxylic acids is 1. The molecule has 0 amide bonds. The van der Waals surface area contributed by atoms with Crippen molar-refractivity contribution in [3.63, 3.8) is 0 Å². The molecule has 288 valence electrons. The van der Waals surface area contributed by atoms with Crippen molar-refractivity contribution in [1.82, 2.24) is 0 Å². The van der Waals surface area contributed by atoms with Gasteiger partial charge in [0.1, 0.15) is 21.9 Å². The first-order valence-electron chi connectivity index (χ1n) is 17.5. The Hall–Kier alpha value is -7.62. The molecular formula is C43H33N7O7S. The van der Waals surface area contributed by atoms with Crippen molar-refractivity contribution < 1.29 is 33.1 Å². The lowest BCUT2D eigenvalue weighted by molar-refractivity contribution is 0.0693. The lowest BCUT2D eigenvalue weighted by atomic mass is 10.1. The fourth-order valence-electron chi connectivity index (χ4n) is 5.93. The number of carboxylic acid groups (broad SMARTS) is 1. The first kappa shape index (κ1) is 38.6. The van der Waals surface area contributed by atoms with E-state index in [1.165, 1.54) is 24.3 Å². The van der Waals surface area contributed by atoms with Gasteiger partial charge in [0.15, 0.2) is 5.75 Å². The van der Waals surface area contributed by atoms with Crippen LogP contribution in [0, 0.1) is 13.8 Å². The number of para-hydroxylation sites is 1. The number of aryl methyl sites for hydroxylation is 2. The number of carbonyl (C=O) groups is 1. The Labute approximate surface area is 332 Å². The highest BCUT2D eigenvalue weighted by atomic mass is 32.2. The fourth-order valence-corrected chi connectivity index (χ4v) is 6.59. The molecule has 0 aliphatic heterocycles. The van der Waals surface area contributed by atoms with Crippen LogP contribution in [0.2, 0.25) is 0 Å². The summed E-state index contributed by atoms with van der Waals surface area (Å²) < 4.78 is 34.9. The van der Waals surface area contributed by atoms with E-state index in [4.69, 9.17) is 0 Å². The molecule has 0 aliphatic carbocycles. The zero-order valence-electron chi connectivity index (χ0n) is 30.8. The van der Waals surface area contributed by atoms with Crippen molar-refractivity contribution in [2.24, 2.45) is 30.7 Å². The van der Waals surface area contributed by atoms with Crippen LogP contribution in [0.3, 0.4) is 0 Å². The molecule has 0 bridgehead atoms. The number of aromatic hydroxyl groups is 2. The first-order valence-corrected chi connectivity index (χ1v) is 19.0. The summed E-state index contributed by atoms with van der Waals surface area (Å²) in [5, 5.41) is 59.5. The van der Waals surface area contributed by atoms with Crippen LogP contribution >= 0.6 is 0 Å². The second-order valence-electron chi connectivity index (χ2n) is 13.1.